The molecule has 2 N–H and O–H groups in total. The van der Waals surface area contributed by atoms with Crippen molar-refractivity contribution in [3.63, 3.8) is 0 Å². The van der Waals surface area contributed by atoms with Crippen LogP contribution in [0.5, 0.6) is 0 Å². The van der Waals surface area contributed by atoms with E-state index in [2.05, 4.69) is 11.4 Å². The van der Waals surface area contributed by atoms with Gasteiger partial charge in [0.15, 0.2) is 0 Å². The van der Waals surface area contributed by atoms with Gasteiger partial charge in [0, 0.05) is 38.4 Å². The number of aliphatic hydroxyl groups is 1. The summed E-state index contributed by atoms with van der Waals surface area (Å²) in [4.78, 5) is 48.2. The van der Waals surface area contributed by atoms with E-state index in [1.54, 1.807) is 26.2 Å². The maximum absolute atomic E-state index is 12.8. The molecule has 2 rings (SSSR count). The number of amides is 2. The molecule has 5 unspecified atom stereocenters. The summed E-state index contributed by atoms with van der Waals surface area (Å²) in [6.07, 6.45) is 10.2. The predicted molar refractivity (Wildman–Crippen MR) is 131 cm³/mol. The van der Waals surface area contributed by atoms with Gasteiger partial charge in [-0.05, 0) is 50.0 Å². The van der Waals surface area contributed by atoms with Crippen molar-refractivity contribution >= 4 is 23.6 Å². The van der Waals surface area contributed by atoms with Crippen LogP contribution >= 0.6 is 0 Å². The largest absolute Gasteiger partial charge is 0.454 e. The number of esters is 1. The third-order valence-electron chi connectivity index (χ3n) is 6.51. The second kappa shape index (κ2) is 14.1. The van der Waals surface area contributed by atoms with Crippen molar-refractivity contribution in [3.05, 3.63) is 36.0 Å². The molecule has 35 heavy (non-hydrogen) atoms. The van der Waals surface area contributed by atoms with Crippen LogP contribution in [-0.4, -0.2) is 54.1 Å². The van der Waals surface area contributed by atoms with Crippen molar-refractivity contribution < 1.29 is 33.8 Å². The minimum Gasteiger partial charge on any atom is -0.454 e. The molecule has 0 bridgehead atoms. The molecular formula is C27H39NO7. The number of carbonyl (C=O) groups is 4. The van der Waals surface area contributed by atoms with Gasteiger partial charge in [-0.15, -0.1) is 0 Å². The Morgan fingerprint density at radius 1 is 1.23 bits per heavy atom. The number of hydrogen-bond donors (Lipinski definition) is 2. The lowest BCUT2D eigenvalue weighted by Gasteiger charge is -2.27. The fraction of sp³-hybridized carbons (Fsp3) is 0.630. The van der Waals surface area contributed by atoms with Gasteiger partial charge < -0.3 is 14.6 Å². The lowest BCUT2D eigenvalue weighted by Crippen LogP contribution is -2.39. The second-order valence-corrected chi connectivity index (χ2v) is 9.76. The summed E-state index contributed by atoms with van der Waals surface area (Å²) in [5.74, 6) is -2.10. The zero-order chi connectivity index (χ0) is 26.0. The lowest BCUT2D eigenvalue weighted by atomic mass is 9.87. The molecule has 2 aliphatic heterocycles. The van der Waals surface area contributed by atoms with E-state index in [1.165, 1.54) is 6.08 Å². The van der Waals surface area contributed by atoms with Crippen LogP contribution in [0.15, 0.2) is 36.0 Å². The Labute approximate surface area is 207 Å². The SMILES string of the molecule is COC1C=CCCC=CC(=O)OC(C(C)=CC(C)C(=O)CC(O)CC2CC(=O)NC(=O)C2)C(C)C1. The molecule has 0 aromatic rings. The molecule has 1 fully saturated rings. The summed E-state index contributed by atoms with van der Waals surface area (Å²) >= 11 is 0. The number of methoxy groups -OCH3 is 1. The van der Waals surface area contributed by atoms with Gasteiger partial charge in [-0.2, -0.15) is 0 Å². The first-order valence-electron chi connectivity index (χ1n) is 12.4. The van der Waals surface area contributed by atoms with E-state index < -0.39 is 24.1 Å². The molecule has 2 heterocycles. The van der Waals surface area contributed by atoms with Crippen molar-refractivity contribution in [1.29, 1.82) is 0 Å². The lowest BCUT2D eigenvalue weighted by molar-refractivity contribution is -0.144. The summed E-state index contributed by atoms with van der Waals surface area (Å²) in [6, 6.07) is 0. The number of nitrogens with one attached hydrogen (secondary N) is 1. The molecule has 8 nitrogen and oxygen atoms in total. The molecule has 0 radical (unpaired) electrons. The summed E-state index contributed by atoms with van der Waals surface area (Å²) in [6.45, 7) is 5.58. The smallest absolute Gasteiger partial charge is 0.331 e. The summed E-state index contributed by atoms with van der Waals surface area (Å²) < 4.78 is 11.3. The molecule has 0 saturated carbocycles. The molecule has 2 aliphatic rings. The number of Topliss-reactive ketones (excluding diaryl/α,β-unsaturated/α-hetero) is 1. The van der Waals surface area contributed by atoms with E-state index in [9.17, 15) is 24.3 Å². The van der Waals surface area contributed by atoms with E-state index in [4.69, 9.17) is 9.47 Å². The first-order valence-corrected chi connectivity index (χ1v) is 12.4. The highest BCUT2D eigenvalue weighted by molar-refractivity contribution is 5.97. The van der Waals surface area contributed by atoms with Crippen LogP contribution in [0.2, 0.25) is 0 Å². The third kappa shape index (κ3) is 9.90. The van der Waals surface area contributed by atoms with E-state index >= 15 is 0 Å². The molecule has 0 aromatic heterocycles. The second-order valence-electron chi connectivity index (χ2n) is 9.76. The number of imide groups is 1. The number of aliphatic hydroxyl groups excluding tert-OH is 1. The monoisotopic (exact) mass is 489 g/mol. The Hall–Kier alpha value is -2.58. The van der Waals surface area contributed by atoms with Gasteiger partial charge in [0.25, 0.3) is 0 Å². The Bertz CT molecular complexity index is 844. The number of carbonyl (C=O) groups excluding carboxylic acids is 4. The quantitative estimate of drug-likeness (QED) is 0.305. The van der Waals surface area contributed by atoms with E-state index in [1.807, 2.05) is 19.9 Å². The molecule has 0 aromatic carbocycles. The van der Waals surface area contributed by atoms with Gasteiger partial charge in [0.2, 0.25) is 11.8 Å². The Morgan fingerprint density at radius 2 is 1.89 bits per heavy atom. The fourth-order valence-electron chi connectivity index (χ4n) is 4.67. The summed E-state index contributed by atoms with van der Waals surface area (Å²) in [7, 11) is 1.65. The van der Waals surface area contributed by atoms with E-state index in [0.29, 0.717) is 6.42 Å². The Kier molecular flexibility index (Phi) is 11.5. The topological polar surface area (TPSA) is 119 Å². The molecule has 5 atom stereocenters. The number of ketones is 1. The van der Waals surface area contributed by atoms with Gasteiger partial charge in [0.05, 0.1) is 12.2 Å². The molecule has 1 saturated heterocycles. The molecule has 0 spiro atoms. The molecule has 2 amide bonds. The predicted octanol–water partition coefficient (Wildman–Crippen LogP) is 3.19. The van der Waals surface area contributed by atoms with Gasteiger partial charge in [-0.25, -0.2) is 4.79 Å². The van der Waals surface area contributed by atoms with E-state index in [-0.39, 0.29) is 61.2 Å². The summed E-state index contributed by atoms with van der Waals surface area (Å²) in [5, 5.41) is 12.6. The zero-order valence-corrected chi connectivity index (χ0v) is 21.2. The van der Waals surface area contributed by atoms with Gasteiger partial charge in [0.1, 0.15) is 11.9 Å². The summed E-state index contributed by atoms with van der Waals surface area (Å²) in [5.41, 5.74) is 0.764. The Morgan fingerprint density at radius 3 is 2.54 bits per heavy atom. The molecule has 0 aliphatic carbocycles. The first kappa shape index (κ1) is 28.7. The van der Waals surface area contributed by atoms with Gasteiger partial charge in [-0.3, -0.25) is 19.7 Å². The highest BCUT2D eigenvalue weighted by Gasteiger charge is 2.29. The maximum Gasteiger partial charge on any atom is 0.331 e. The van der Waals surface area contributed by atoms with Crippen LogP contribution in [-0.2, 0) is 28.7 Å². The first-order chi connectivity index (χ1) is 16.6. The minimum atomic E-state index is -0.931. The van der Waals surface area contributed by atoms with Crippen molar-refractivity contribution in [2.24, 2.45) is 17.8 Å². The van der Waals surface area contributed by atoms with E-state index in [0.717, 1.165) is 18.4 Å². The van der Waals surface area contributed by atoms with Crippen molar-refractivity contribution in [3.8, 4) is 0 Å². The van der Waals surface area contributed by atoms with Crippen LogP contribution in [0.1, 0.15) is 65.7 Å². The molecule has 194 valence electrons. The maximum atomic E-state index is 12.8. The highest BCUT2D eigenvalue weighted by Crippen LogP contribution is 2.26. The van der Waals surface area contributed by atoms with Crippen LogP contribution in [0.3, 0.4) is 0 Å². The fourth-order valence-corrected chi connectivity index (χ4v) is 4.67. The number of cyclic esters (lactones) is 1. The van der Waals surface area contributed by atoms with Gasteiger partial charge >= 0.3 is 5.97 Å². The molecule has 8 heteroatoms. The number of ether oxygens (including phenoxy) is 2. The third-order valence-corrected chi connectivity index (χ3v) is 6.51. The zero-order valence-electron chi connectivity index (χ0n) is 21.2. The standard InChI is InChI=1S/C27H39NO7/c1-17(23(30)16-21(29)13-20-14-24(31)28-25(32)15-20)11-18(2)27-19(3)12-22(34-4)9-7-5-6-8-10-26(33)35-27/h7-11,17,19-22,27,29H,5-6,12-16H2,1-4H3,(H,28,31,32). The normalized spacial score (nSPS) is 26.8. The van der Waals surface area contributed by atoms with Crippen LogP contribution in [0.4, 0.5) is 0 Å². The van der Waals surface area contributed by atoms with Gasteiger partial charge in [-0.1, -0.05) is 38.2 Å². The van der Waals surface area contributed by atoms with Crippen molar-refractivity contribution in [1.82, 2.24) is 5.32 Å². The average molecular weight is 490 g/mol. The van der Waals surface area contributed by atoms with Crippen LogP contribution in [0, 0.1) is 17.8 Å². The van der Waals surface area contributed by atoms with Crippen LogP contribution in [0.25, 0.3) is 0 Å². The minimum absolute atomic E-state index is 0.0551. The highest BCUT2D eigenvalue weighted by atomic mass is 16.5. The Balaban J connectivity index is 2.05. The van der Waals surface area contributed by atoms with Crippen LogP contribution < -0.4 is 5.32 Å². The number of hydrogen-bond acceptors (Lipinski definition) is 7. The molecular weight excluding hydrogens is 450 g/mol. The average Bonchev–Trinajstić information content (AvgIpc) is 2.76. The number of rotatable bonds is 8. The number of allylic oxidation sites excluding steroid dienone is 3. The van der Waals surface area contributed by atoms with Crippen molar-refractivity contribution in [2.45, 2.75) is 84.0 Å². The number of piperidine rings is 1. The van der Waals surface area contributed by atoms with Crippen molar-refractivity contribution in [2.75, 3.05) is 7.11 Å².